The number of hydrogen-bond donors (Lipinski definition) is 0. The molecule has 3 heterocycles. The van der Waals surface area contributed by atoms with Gasteiger partial charge in [0.1, 0.15) is 24.6 Å². The molecule has 11 nitrogen and oxygen atoms in total. The molecule has 2 aliphatic rings. The molecule has 0 atom stereocenters. The second-order valence-corrected chi connectivity index (χ2v) is 12.7. The summed E-state index contributed by atoms with van der Waals surface area (Å²) in [5.74, 6) is 1.56. The van der Waals surface area contributed by atoms with Crippen molar-refractivity contribution >= 4 is 29.0 Å². The van der Waals surface area contributed by atoms with E-state index >= 15 is 0 Å². The largest absolute Gasteiger partial charge is 0.497 e. The smallest absolute Gasteiger partial charge is 0.410 e. The number of amides is 1. The average molecular weight is 648 g/mol. The molecule has 0 saturated carbocycles. The van der Waals surface area contributed by atoms with Crippen LogP contribution in [0.3, 0.4) is 0 Å². The van der Waals surface area contributed by atoms with Gasteiger partial charge in [0.2, 0.25) is 0 Å². The Morgan fingerprint density at radius 1 is 1.00 bits per heavy atom. The standard InChI is InChI=1S/C36H45N3O8/c1-6-44-34(41)12-8-26-22-28(43-5)23-30-29(26)9-11-33(40)38(30)18-17-37-15-13-27(14-16-37)39(35(42)47-36(2,3)4)24-25-7-10-31-32(21-25)46-20-19-45-31/h7-12,21-23,27H,6,13-20,24H2,1-5H3. The number of carbonyl (C=O) groups is 2. The molecule has 0 aliphatic carbocycles. The van der Waals surface area contributed by atoms with E-state index in [1.807, 2.05) is 56.0 Å². The van der Waals surface area contributed by atoms with Gasteiger partial charge < -0.3 is 38.1 Å². The topological polar surface area (TPSA) is 109 Å². The zero-order valence-corrected chi connectivity index (χ0v) is 28.0. The highest BCUT2D eigenvalue weighted by Crippen LogP contribution is 2.32. The van der Waals surface area contributed by atoms with E-state index in [0.29, 0.717) is 50.1 Å². The zero-order chi connectivity index (χ0) is 33.6. The van der Waals surface area contributed by atoms with E-state index in [-0.39, 0.29) is 24.3 Å². The molecule has 0 spiro atoms. The Morgan fingerprint density at radius 2 is 1.74 bits per heavy atom. The van der Waals surface area contributed by atoms with Crippen molar-refractivity contribution in [1.82, 2.24) is 14.4 Å². The number of methoxy groups -OCH3 is 1. The molecule has 47 heavy (non-hydrogen) atoms. The molecule has 252 valence electrons. The van der Waals surface area contributed by atoms with Gasteiger partial charge in [-0.25, -0.2) is 9.59 Å². The highest BCUT2D eigenvalue weighted by molar-refractivity contribution is 5.94. The third-order valence-corrected chi connectivity index (χ3v) is 8.26. The minimum Gasteiger partial charge on any atom is -0.497 e. The van der Waals surface area contributed by atoms with Gasteiger partial charge in [-0.2, -0.15) is 0 Å². The molecule has 0 bridgehead atoms. The summed E-state index contributed by atoms with van der Waals surface area (Å²) in [6, 6.07) is 12.8. The van der Waals surface area contributed by atoms with E-state index in [2.05, 4.69) is 4.90 Å². The molecule has 11 heteroatoms. The molecule has 1 amide bonds. The van der Waals surface area contributed by atoms with Crippen molar-refractivity contribution in [1.29, 1.82) is 0 Å². The van der Waals surface area contributed by atoms with E-state index in [0.717, 1.165) is 48.0 Å². The lowest BCUT2D eigenvalue weighted by Gasteiger charge is -2.39. The van der Waals surface area contributed by atoms with Crippen LogP contribution in [0.4, 0.5) is 4.79 Å². The summed E-state index contributed by atoms with van der Waals surface area (Å²) in [6.07, 6.45) is 4.26. The molecule has 3 aromatic rings. The molecule has 0 N–H and O–H groups in total. The summed E-state index contributed by atoms with van der Waals surface area (Å²) in [5, 5.41) is 0.830. The first-order chi connectivity index (χ1) is 22.5. The van der Waals surface area contributed by atoms with Crippen molar-refractivity contribution in [3.05, 3.63) is 70.0 Å². The molecule has 2 aliphatic heterocycles. The van der Waals surface area contributed by atoms with Gasteiger partial charge in [0, 0.05) is 62.4 Å². The molecule has 0 unspecified atom stereocenters. The van der Waals surface area contributed by atoms with E-state index in [1.165, 1.54) is 6.08 Å². The number of nitrogens with zero attached hydrogens (tertiary/aromatic N) is 3. The third kappa shape index (κ3) is 8.65. The van der Waals surface area contributed by atoms with Crippen molar-refractivity contribution in [2.24, 2.45) is 0 Å². The van der Waals surface area contributed by atoms with Crippen molar-refractivity contribution in [2.75, 3.05) is 46.6 Å². The first kappa shape index (κ1) is 33.8. The van der Waals surface area contributed by atoms with Gasteiger partial charge in [0.15, 0.2) is 11.5 Å². The van der Waals surface area contributed by atoms with Crippen LogP contribution in [0.25, 0.3) is 17.0 Å². The van der Waals surface area contributed by atoms with E-state index in [4.69, 9.17) is 23.7 Å². The van der Waals surface area contributed by atoms with Crippen LogP contribution in [0, 0.1) is 0 Å². The van der Waals surface area contributed by atoms with Crippen LogP contribution >= 0.6 is 0 Å². The van der Waals surface area contributed by atoms with E-state index in [9.17, 15) is 14.4 Å². The maximum absolute atomic E-state index is 13.5. The number of fused-ring (bicyclic) bond motifs is 2. The Labute approximate surface area is 275 Å². The Bertz CT molecular complexity index is 1670. The Kier molecular flexibility index (Phi) is 10.8. The molecule has 1 aromatic heterocycles. The number of pyridine rings is 1. The van der Waals surface area contributed by atoms with Crippen LogP contribution in [0.5, 0.6) is 17.2 Å². The number of rotatable bonds is 10. The third-order valence-electron chi connectivity index (χ3n) is 8.26. The summed E-state index contributed by atoms with van der Waals surface area (Å²) in [4.78, 5) is 42.7. The predicted molar refractivity (Wildman–Crippen MR) is 179 cm³/mol. The number of piperidine rings is 1. The van der Waals surface area contributed by atoms with Crippen molar-refractivity contribution < 1.29 is 33.3 Å². The van der Waals surface area contributed by atoms with E-state index in [1.54, 1.807) is 36.8 Å². The molecular weight excluding hydrogens is 602 g/mol. The Balaban J connectivity index is 1.29. The lowest BCUT2D eigenvalue weighted by atomic mass is 10.0. The van der Waals surface area contributed by atoms with Crippen LogP contribution in [0.15, 0.2) is 53.3 Å². The number of likely N-dealkylation sites (tertiary alicyclic amines) is 1. The number of carbonyl (C=O) groups excluding carboxylic acids is 2. The van der Waals surface area contributed by atoms with Crippen LogP contribution in [-0.2, 0) is 27.4 Å². The minimum atomic E-state index is -0.619. The Hall–Kier alpha value is -4.51. The monoisotopic (exact) mass is 647 g/mol. The number of esters is 1. The number of ether oxygens (including phenoxy) is 5. The maximum atomic E-state index is 13.5. The lowest BCUT2D eigenvalue weighted by molar-refractivity contribution is -0.137. The summed E-state index contributed by atoms with van der Waals surface area (Å²) < 4.78 is 29.6. The SMILES string of the molecule is CCOC(=O)C=Cc1cc(OC)cc2c1ccc(=O)n2CCN1CCC(N(Cc2ccc3c(c2)OCCO3)C(=O)OC(C)(C)C)CC1. The van der Waals surface area contributed by atoms with Crippen molar-refractivity contribution in [3.8, 4) is 17.2 Å². The first-order valence-corrected chi connectivity index (χ1v) is 16.2. The number of hydrogen-bond acceptors (Lipinski definition) is 9. The second kappa shape index (κ2) is 14.9. The quantitative estimate of drug-likeness (QED) is 0.215. The number of benzene rings is 2. The summed E-state index contributed by atoms with van der Waals surface area (Å²) in [5.41, 5.74) is 1.69. The van der Waals surface area contributed by atoms with Crippen molar-refractivity contribution in [3.63, 3.8) is 0 Å². The molecular formula is C36H45N3O8. The summed E-state index contributed by atoms with van der Waals surface area (Å²) in [6.45, 7) is 11.8. The average Bonchev–Trinajstić information content (AvgIpc) is 3.05. The lowest BCUT2D eigenvalue weighted by Crippen LogP contribution is -2.49. The van der Waals surface area contributed by atoms with Crippen molar-refractivity contribution in [2.45, 2.75) is 65.3 Å². The fraction of sp³-hybridized carbons (Fsp3) is 0.472. The normalized spacial score (nSPS) is 15.5. The maximum Gasteiger partial charge on any atom is 0.410 e. The number of aromatic nitrogens is 1. The van der Waals surface area contributed by atoms with Crippen LogP contribution in [0.1, 0.15) is 51.7 Å². The molecule has 2 aromatic carbocycles. The minimum absolute atomic E-state index is 0.00687. The van der Waals surface area contributed by atoms with Crippen LogP contribution in [0.2, 0.25) is 0 Å². The van der Waals surface area contributed by atoms with Crippen LogP contribution < -0.4 is 19.8 Å². The van der Waals surface area contributed by atoms with Gasteiger partial charge in [0.25, 0.3) is 5.56 Å². The van der Waals surface area contributed by atoms with Gasteiger partial charge in [-0.15, -0.1) is 0 Å². The Morgan fingerprint density at radius 3 is 2.45 bits per heavy atom. The van der Waals surface area contributed by atoms with Gasteiger partial charge >= 0.3 is 12.1 Å². The highest BCUT2D eigenvalue weighted by Gasteiger charge is 2.31. The second-order valence-electron chi connectivity index (χ2n) is 12.7. The molecule has 1 fully saturated rings. The molecule has 5 rings (SSSR count). The van der Waals surface area contributed by atoms with Gasteiger partial charge in [0.05, 0.1) is 19.2 Å². The summed E-state index contributed by atoms with van der Waals surface area (Å²) in [7, 11) is 1.57. The zero-order valence-electron chi connectivity index (χ0n) is 28.0. The highest BCUT2D eigenvalue weighted by atomic mass is 16.6. The van der Waals surface area contributed by atoms with E-state index < -0.39 is 11.6 Å². The van der Waals surface area contributed by atoms with Gasteiger partial charge in [-0.1, -0.05) is 6.07 Å². The fourth-order valence-electron chi connectivity index (χ4n) is 5.98. The molecule has 1 saturated heterocycles. The summed E-state index contributed by atoms with van der Waals surface area (Å²) >= 11 is 0. The van der Waals surface area contributed by atoms with Gasteiger partial charge in [-0.3, -0.25) is 4.79 Å². The first-order valence-electron chi connectivity index (χ1n) is 16.2. The molecule has 0 radical (unpaired) electrons. The predicted octanol–water partition coefficient (Wildman–Crippen LogP) is 5.26. The van der Waals surface area contributed by atoms with Crippen LogP contribution in [-0.4, -0.2) is 84.6 Å². The fourth-order valence-corrected chi connectivity index (χ4v) is 5.98. The van der Waals surface area contributed by atoms with Gasteiger partial charge in [-0.05, 0) is 82.0 Å².